The van der Waals surface area contributed by atoms with Crippen molar-refractivity contribution < 1.29 is 111 Å². The number of allylic oxidation sites excluding steroid dienone is 6. The lowest BCUT2D eigenvalue weighted by molar-refractivity contribution is -0.438. The molecule has 6 atom stereocenters. The Balaban J connectivity index is 0.000000379. The van der Waals surface area contributed by atoms with Crippen LogP contribution in [0.2, 0.25) is 0 Å². The summed E-state index contributed by atoms with van der Waals surface area (Å²) in [6, 6.07) is 15.5. The van der Waals surface area contributed by atoms with Crippen LogP contribution in [0.1, 0.15) is 155 Å². The number of nitrogens with zero attached hydrogens (tertiary/aromatic N) is 4. The summed E-state index contributed by atoms with van der Waals surface area (Å²) in [7, 11) is -17.1. The number of nitrogen functional groups attached to an aromatic ring is 1. The van der Waals surface area contributed by atoms with Gasteiger partial charge in [0.25, 0.3) is 5.56 Å². The Morgan fingerprint density at radius 2 is 1.56 bits per heavy atom. The third kappa shape index (κ3) is 32.8. The quantitative estimate of drug-likeness (QED) is 0.00298. The number of esters is 1. The van der Waals surface area contributed by atoms with Crippen molar-refractivity contribution in [1.29, 1.82) is 0 Å². The van der Waals surface area contributed by atoms with Crippen LogP contribution in [-0.2, 0) is 112 Å². The van der Waals surface area contributed by atoms with E-state index >= 15 is 0 Å². The van der Waals surface area contributed by atoms with E-state index in [9.17, 15) is 42.7 Å². The van der Waals surface area contributed by atoms with E-state index in [1.54, 1.807) is 34.8 Å². The average Bonchev–Trinajstić information content (AvgIpc) is 1.61. The molecular weight excluding hydrogens is 1600 g/mol. The van der Waals surface area contributed by atoms with E-state index in [0.29, 0.717) is 71.5 Å². The Morgan fingerprint density at radius 1 is 0.865 bits per heavy atom. The number of carbonyl (C=O) groups excluding carboxylic acids is 3. The van der Waals surface area contributed by atoms with Gasteiger partial charge in [-0.2, -0.15) is 18.2 Å². The van der Waals surface area contributed by atoms with Gasteiger partial charge in [0.15, 0.2) is 11.4 Å². The Morgan fingerprint density at radius 3 is 2.23 bits per heavy atom. The average molecular weight is 1710 g/mol. The highest BCUT2D eigenvalue weighted by Gasteiger charge is 2.46. The van der Waals surface area contributed by atoms with E-state index in [1.165, 1.54) is 50.2 Å². The normalized spacial score (nSPS) is 18.1. The number of phosphoric ester groups is 1. The number of nitrogens with two attached hydrogens (primary N) is 1. The van der Waals surface area contributed by atoms with E-state index in [4.69, 9.17) is 77.0 Å². The molecule has 2 amide bonds. The van der Waals surface area contributed by atoms with Crippen LogP contribution in [0.25, 0.3) is 11.0 Å². The topological polar surface area (TPSA) is 434 Å². The summed E-state index contributed by atoms with van der Waals surface area (Å²) in [6.07, 6.45) is 16.8. The monoisotopic (exact) mass is 1710 g/mol. The van der Waals surface area contributed by atoms with E-state index < -0.39 is 86.2 Å². The predicted octanol–water partition coefficient (Wildman–Crippen LogP) is 10.6. The van der Waals surface area contributed by atoms with E-state index in [0.717, 1.165) is 45.2 Å². The van der Waals surface area contributed by atoms with Gasteiger partial charge in [-0.15, -0.1) is 12.6 Å². The lowest BCUT2D eigenvalue weighted by Gasteiger charge is -2.25. The highest BCUT2D eigenvalue weighted by Crippen LogP contribution is 2.66. The second-order valence-corrected chi connectivity index (χ2v) is 37.8. The molecule has 2 aromatic heterocycles. The van der Waals surface area contributed by atoms with Crippen molar-refractivity contribution in [2.45, 2.75) is 167 Å². The molecular formula is C71H106N8O24P3S5+. The molecule has 3 unspecified atom stereocenters. The SMILES string of the molecule is CCC(C)(C)SSCOCCCCOC(=O)CCC#Cc1cn([C@H]2C[C@H](OCS(C)=S)[C@@H](COP(=O)(O)OP(=O)(O)OP(=O)(O)O)O2)c2nc(N)[nH]c(=O)c12.CCOC(=O)NCCOCCOCCNC(=O)CCCCC[N+]1=C(/C=C/C=C/C=C2\N(CC)c3ccccc3C2(C)C)C(C)(C)c2cc(C)ccc21.O=S(=O)=O. The number of hydrogen-bond donors (Lipinski definition) is 8. The van der Waals surface area contributed by atoms with Crippen LogP contribution >= 0.6 is 45.1 Å². The third-order valence-electron chi connectivity index (χ3n) is 17.3. The van der Waals surface area contributed by atoms with Crippen LogP contribution in [0.15, 0.2) is 89.5 Å². The number of fused-ring (bicyclic) bond motifs is 3. The summed E-state index contributed by atoms with van der Waals surface area (Å²) < 4.78 is 115. The molecule has 3 aliphatic rings. The van der Waals surface area contributed by atoms with Gasteiger partial charge >= 0.3 is 46.1 Å². The van der Waals surface area contributed by atoms with E-state index in [-0.39, 0.29) is 75.8 Å². The number of nitrogens with one attached hydrogen (secondary N) is 3. The van der Waals surface area contributed by atoms with Gasteiger partial charge < -0.3 is 78.6 Å². The van der Waals surface area contributed by atoms with Crippen LogP contribution in [0.4, 0.5) is 22.1 Å². The van der Waals surface area contributed by atoms with Crippen molar-refractivity contribution in [2.24, 2.45) is 0 Å². The molecule has 0 spiro atoms. The lowest BCUT2D eigenvalue weighted by Crippen LogP contribution is -2.29. The van der Waals surface area contributed by atoms with Gasteiger partial charge in [0.1, 0.15) is 24.8 Å². The predicted molar refractivity (Wildman–Crippen MR) is 431 cm³/mol. The van der Waals surface area contributed by atoms with Crippen molar-refractivity contribution >= 4 is 128 Å². The molecule has 2 aromatic carbocycles. The fraction of sp³-hybridized carbons (Fsp3) is 0.577. The molecule has 111 heavy (non-hydrogen) atoms. The number of likely N-dealkylation sites (N-methyl/N-ethyl adjacent to an activating group) is 1. The minimum Gasteiger partial charge on any atom is -0.466 e. The van der Waals surface area contributed by atoms with Gasteiger partial charge in [-0.25, -0.2) is 18.5 Å². The summed E-state index contributed by atoms with van der Waals surface area (Å²) in [6.45, 7) is 26.7. The molecule has 3 aliphatic heterocycles. The highest BCUT2D eigenvalue weighted by molar-refractivity contribution is 8.77. The fourth-order valence-electron chi connectivity index (χ4n) is 11.7. The standard InChI is InChI=1S/C43H60N4O5.C28H45N4O16P3S4.O3S/c1-8-46-36-19-16-15-18-34(36)42(4,5)38(46)20-12-10-13-21-39-43(6,7)35-32-33(3)23-24-37(35)47(39)27-17-11-14-22-40(48)44-25-28-50-30-31-51-29-26-45-41(49)52-9-2;1-5-28(2,3)54-53-17-42-12-8-9-13-43-23(33)11-7-6-10-19-15-32(25-24(19)26(34)31-27(29)30-25)22-14-20(44-18-55(4)52)21(46-22)16-45-50(38,39)48-51(40,41)47-49(35,36)37;1-4(2)3/h10,12-13,15-16,18-21,23-24,32H,8-9,11,14,17,22,25-31H2,1-7H3,(H-,44,45,48,49);15,20-22H,5,7-9,11-14,16-18H2,1-4H3,(H,38,39)(H,40,41)(H2,35,36,37)(H3,29,30,31,34);/p+1/t;20-,21+,22+,55?;/m.0./s1. The Bertz CT molecular complexity index is 4320. The van der Waals surface area contributed by atoms with Crippen molar-refractivity contribution in [3.63, 3.8) is 0 Å². The number of para-hydroxylation sites is 1. The zero-order valence-corrected chi connectivity index (χ0v) is 71.2. The van der Waals surface area contributed by atoms with Crippen molar-refractivity contribution in [3.05, 3.63) is 117 Å². The van der Waals surface area contributed by atoms with Crippen LogP contribution in [0.3, 0.4) is 0 Å². The van der Waals surface area contributed by atoms with Crippen LogP contribution in [0, 0.1) is 18.8 Å². The highest BCUT2D eigenvalue weighted by atomic mass is 33.1. The van der Waals surface area contributed by atoms with Gasteiger partial charge in [0.05, 0.1) is 81.1 Å². The first-order chi connectivity index (χ1) is 52.3. The Labute approximate surface area is 665 Å². The number of aryl methyl sites for hydroxylation is 1. The minimum atomic E-state index is -5.75. The molecule has 9 N–H and O–H groups in total. The summed E-state index contributed by atoms with van der Waals surface area (Å²) in [5, 5.41) is 5.61. The zero-order chi connectivity index (χ0) is 82.2. The fourth-order valence-corrected chi connectivity index (χ4v) is 17.6. The number of ether oxygens (including phenoxy) is 7. The molecule has 0 bridgehead atoms. The summed E-state index contributed by atoms with van der Waals surface area (Å²) in [5.74, 6) is 5.81. The first-order valence-electron chi connectivity index (χ1n) is 35.9. The number of rotatable bonds is 43. The molecule has 32 nitrogen and oxygen atoms in total. The maximum atomic E-state index is 13.0. The first-order valence-corrected chi connectivity index (χ1v) is 46.5. The first kappa shape index (κ1) is 95.8. The van der Waals surface area contributed by atoms with Crippen molar-refractivity contribution in [3.8, 4) is 11.8 Å². The Hall–Kier alpha value is -5.78. The minimum absolute atomic E-state index is 0.00868. The molecule has 0 saturated carbocycles. The van der Waals surface area contributed by atoms with Gasteiger partial charge in [0.2, 0.25) is 17.5 Å². The van der Waals surface area contributed by atoms with Gasteiger partial charge in [-0.05, 0) is 122 Å². The number of unbranched alkanes of at least 4 members (excludes halogenated alkanes) is 3. The number of anilines is 2. The van der Waals surface area contributed by atoms with Crippen LogP contribution < -0.4 is 26.8 Å². The number of phosphoric acid groups is 3. The van der Waals surface area contributed by atoms with Crippen LogP contribution in [0.5, 0.6) is 0 Å². The number of H-pyrrole nitrogens is 1. The van der Waals surface area contributed by atoms with E-state index in [1.807, 2.05) is 0 Å². The molecule has 7 rings (SSSR count). The van der Waals surface area contributed by atoms with Crippen molar-refractivity contribution in [1.82, 2.24) is 25.2 Å². The smallest absolute Gasteiger partial charge is 0.466 e. The zero-order valence-electron chi connectivity index (χ0n) is 64.4. The lowest BCUT2D eigenvalue weighted by atomic mass is 9.81. The van der Waals surface area contributed by atoms with Gasteiger partial charge in [-0.3, -0.25) is 23.9 Å². The number of alkyl carbamates (subject to hydrolysis) is 1. The van der Waals surface area contributed by atoms with Gasteiger partial charge in [-0.1, -0.05) is 112 Å². The largest absolute Gasteiger partial charge is 0.490 e. The second kappa shape index (κ2) is 46.7. The summed E-state index contributed by atoms with van der Waals surface area (Å²) in [4.78, 5) is 94.9. The number of benzene rings is 2. The number of carbonyl (C=O) groups is 3. The van der Waals surface area contributed by atoms with E-state index in [2.05, 4.69) is 186 Å². The molecule has 40 heteroatoms. The summed E-state index contributed by atoms with van der Waals surface area (Å²) >= 11 is 5.20. The van der Waals surface area contributed by atoms with Crippen LogP contribution in [-0.4, -0.2) is 189 Å². The molecule has 618 valence electrons. The maximum Gasteiger partial charge on any atom is 0.490 e. The number of hydrogen-bond acceptors (Lipinski definition) is 26. The molecule has 5 heterocycles. The van der Waals surface area contributed by atoms with Gasteiger partial charge in [0, 0.05) is 97.4 Å². The van der Waals surface area contributed by atoms with Crippen molar-refractivity contribution in [2.75, 3.05) is 108 Å². The maximum absolute atomic E-state index is 13.0. The summed E-state index contributed by atoms with van der Waals surface area (Å²) in [5.41, 5.74) is 14.6. The molecule has 4 aromatic rings. The molecule has 0 aliphatic carbocycles. The number of aromatic nitrogens is 3. The molecule has 1 saturated heterocycles. The third-order valence-corrected chi connectivity index (χ3v) is 24.9. The second-order valence-electron chi connectivity index (χ2n) is 26.9. The molecule has 0 radical (unpaired) electrons. The number of aromatic amines is 1. The number of amides is 2. The molecule has 1 fully saturated rings. The Kier molecular flexibility index (Phi) is 40.3.